The van der Waals surface area contributed by atoms with Gasteiger partial charge in [-0.2, -0.15) is 0 Å². The fourth-order valence-electron chi connectivity index (χ4n) is 4.73. The van der Waals surface area contributed by atoms with Crippen molar-refractivity contribution >= 4 is 29.1 Å². The summed E-state index contributed by atoms with van der Waals surface area (Å²) in [5.74, 6) is 0.832. The van der Waals surface area contributed by atoms with Crippen LogP contribution >= 0.6 is 11.8 Å². The zero-order chi connectivity index (χ0) is 21.2. The molecule has 31 heavy (non-hydrogen) atoms. The Bertz CT molecular complexity index is 1120. The number of benzene rings is 3. The lowest BCUT2D eigenvalue weighted by molar-refractivity contribution is 0.0871. The molecule has 1 heterocycles. The van der Waals surface area contributed by atoms with E-state index in [1.54, 1.807) is 11.8 Å². The molecule has 2 aliphatic rings. The van der Waals surface area contributed by atoms with Crippen molar-refractivity contribution in [2.24, 2.45) is 11.8 Å². The average Bonchev–Trinajstić information content (AvgIpc) is 2.95. The Kier molecular flexibility index (Phi) is 5.65. The number of rotatable bonds is 4. The van der Waals surface area contributed by atoms with Gasteiger partial charge in [-0.1, -0.05) is 60.3 Å². The third-order valence-corrected chi connectivity index (χ3v) is 7.60. The van der Waals surface area contributed by atoms with Crippen LogP contribution in [0.4, 0.5) is 5.69 Å². The van der Waals surface area contributed by atoms with Gasteiger partial charge in [0.2, 0.25) is 0 Å². The number of ketones is 1. The van der Waals surface area contributed by atoms with E-state index in [4.69, 9.17) is 0 Å². The summed E-state index contributed by atoms with van der Waals surface area (Å²) in [4.78, 5) is 27.8. The average molecular weight is 428 g/mol. The van der Waals surface area contributed by atoms with Gasteiger partial charge in [0.05, 0.1) is 11.3 Å². The van der Waals surface area contributed by atoms with E-state index in [0.29, 0.717) is 17.0 Å². The second kappa shape index (κ2) is 8.72. The molecule has 1 amide bonds. The number of nitrogens with one attached hydrogen (secondary N) is 1. The molecule has 0 atom stereocenters. The van der Waals surface area contributed by atoms with Crippen molar-refractivity contribution in [3.05, 3.63) is 89.5 Å². The fraction of sp³-hybridized carbons (Fsp3) is 0.259. The molecule has 156 valence electrons. The first-order chi connectivity index (χ1) is 15.2. The van der Waals surface area contributed by atoms with Crippen molar-refractivity contribution < 1.29 is 9.59 Å². The summed E-state index contributed by atoms with van der Waals surface area (Å²) in [6.45, 7) is 0. The first-order valence-corrected chi connectivity index (χ1v) is 11.8. The molecule has 0 unspecified atom stereocenters. The van der Waals surface area contributed by atoms with Gasteiger partial charge in [0.25, 0.3) is 5.91 Å². The van der Waals surface area contributed by atoms with Crippen molar-refractivity contribution in [2.45, 2.75) is 41.9 Å². The lowest BCUT2D eigenvalue weighted by Gasteiger charge is -2.28. The molecule has 3 aromatic carbocycles. The minimum Gasteiger partial charge on any atom is -0.321 e. The molecule has 1 N–H and O–H groups in total. The van der Waals surface area contributed by atoms with Crippen LogP contribution in [0.15, 0.2) is 82.6 Å². The topological polar surface area (TPSA) is 46.2 Å². The SMILES string of the molecule is O=C1Nc2cc(C(=O)C3CCC(Cc4ccccc4)CC3)ccc2Sc2ccccc21. The molecule has 0 saturated heterocycles. The second-order valence-corrected chi connectivity index (χ2v) is 9.62. The number of carbonyl (C=O) groups is 2. The van der Waals surface area contributed by atoms with Crippen LogP contribution in [0.1, 0.15) is 52.0 Å². The van der Waals surface area contributed by atoms with Crippen molar-refractivity contribution in [3.8, 4) is 0 Å². The highest BCUT2D eigenvalue weighted by atomic mass is 32.2. The highest BCUT2D eigenvalue weighted by Gasteiger charge is 2.28. The predicted molar refractivity (Wildman–Crippen MR) is 125 cm³/mol. The van der Waals surface area contributed by atoms with Gasteiger partial charge >= 0.3 is 0 Å². The van der Waals surface area contributed by atoms with E-state index in [1.165, 1.54) is 5.56 Å². The third kappa shape index (κ3) is 4.31. The van der Waals surface area contributed by atoms with Gasteiger partial charge < -0.3 is 5.32 Å². The van der Waals surface area contributed by atoms with Crippen molar-refractivity contribution in [2.75, 3.05) is 5.32 Å². The van der Waals surface area contributed by atoms with Crippen LogP contribution in [0.25, 0.3) is 0 Å². The largest absolute Gasteiger partial charge is 0.321 e. The van der Waals surface area contributed by atoms with Crippen molar-refractivity contribution in [1.82, 2.24) is 0 Å². The van der Waals surface area contributed by atoms with Crippen molar-refractivity contribution in [1.29, 1.82) is 0 Å². The zero-order valence-corrected chi connectivity index (χ0v) is 18.2. The highest BCUT2D eigenvalue weighted by Crippen LogP contribution is 2.40. The van der Waals surface area contributed by atoms with E-state index in [1.807, 2.05) is 42.5 Å². The molecular formula is C27H25NO2S. The summed E-state index contributed by atoms with van der Waals surface area (Å²) in [5, 5.41) is 3.00. The highest BCUT2D eigenvalue weighted by molar-refractivity contribution is 7.99. The summed E-state index contributed by atoms with van der Waals surface area (Å²) < 4.78 is 0. The maximum absolute atomic E-state index is 13.2. The van der Waals surface area contributed by atoms with Gasteiger partial charge in [-0.05, 0) is 67.9 Å². The van der Waals surface area contributed by atoms with Crippen LogP contribution in [0.5, 0.6) is 0 Å². The molecule has 4 heteroatoms. The Labute approximate surface area is 187 Å². The fourth-order valence-corrected chi connectivity index (χ4v) is 5.74. The van der Waals surface area contributed by atoms with Gasteiger partial charge in [0, 0.05) is 21.3 Å². The summed E-state index contributed by atoms with van der Waals surface area (Å²) in [6, 6.07) is 24.0. The molecular weight excluding hydrogens is 402 g/mol. The zero-order valence-electron chi connectivity index (χ0n) is 17.3. The number of carbonyl (C=O) groups excluding carboxylic acids is 2. The second-order valence-electron chi connectivity index (χ2n) is 8.53. The maximum atomic E-state index is 13.2. The lowest BCUT2D eigenvalue weighted by Crippen LogP contribution is -2.23. The van der Waals surface area contributed by atoms with Gasteiger partial charge in [-0.3, -0.25) is 9.59 Å². The molecule has 5 rings (SSSR count). The van der Waals surface area contributed by atoms with E-state index in [-0.39, 0.29) is 17.6 Å². The van der Waals surface area contributed by atoms with E-state index in [9.17, 15) is 9.59 Å². The first-order valence-electron chi connectivity index (χ1n) is 11.0. The third-order valence-electron chi connectivity index (χ3n) is 6.45. The molecule has 1 saturated carbocycles. The number of Topliss-reactive ketones (excluding diaryl/α,β-unsaturated/α-hetero) is 1. The number of anilines is 1. The molecule has 0 bridgehead atoms. The van der Waals surface area contributed by atoms with Crippen LogP contribution in [0.3, 0.4) is 0 Å². The van der Waals surface area contributed by atoms with E-state index in [0.717, 1.165) is 47.6 Å². The first kappa shape index (κ1) is 20.1. The normalized spacial score (nSPS) is 20.2. The summed E-state index contributed by atoms with van der Waals surface area (Å²) in [6.07, 6.45) is 5.18. The standard InChI is InChI=1S/C27H25NO2S/c29-26(20-12-10-19(11-13-20)16-18-6-2-1-3-7-18)21-14-15-25-23(17-21)28-27(30)22-8-4-5-9-24(22)31-25/h1-9,14-15,17,19-20H,10-13,16H2,(H,28,30). The van der Waals surface area contributed by atoms with Gasteiger partial charge in [0.1, 0.15) is 0 Å². The quantitative estimate of drug-likeness (QED) is 0.475. The van der Waals surface area contributed by atoms with Crippen LogP contribution < -0.4 is 5.32 Å². The van der Waals surface area contributed by atoms with Crippen LogP contribution in [0.2, 0.25) is 0 Å². The Morgan fingerprint density at radius 1 is 0.871 bits per heavy atom. The number of amides is 1. The molecule has 1 aliphatic carbocycles. The van der Waals surface area contributed by atoms with E-state index >= 15 is 0 Å². The molecule has 3 aromatic rings. The molecule has 0 aromatic heterocycles. The van der Waals surface area contributed by atoms with Crippen LogP contribution in [0, 0.1) is 11.8 Å². The predicted octanol–water partition coefficient (Wildman–Crippen LogP) is 6.64. The Morgan fingerprint density at radius 3 is 2.42 bits per heavy atom. The maximum Gasteiger partial charge on any atom is 0.256 e. The monoisotopic (exact) mass is 427 g/mol. The molecule has 3 nitrogen and oxygen atoms in total. The summed E-state index contributed by atoms with van der Waals surface area (Å²) in [5.41, 5.74) is 3.50. The van der Waals surface area contributed by atoms with Gasteiger partial charge in [-0.25, -0.2) is 0 Å². The van der Waals surface area contributed by atoms with Crippen LogP contribution in [-0.4, -0.2) is 11.7 Å². The Balaban J connectivity index is 1.27. The summed E-state index contributed by atoms with van der Waals surface area (Å²) in [7, 11) is 0. The minimum atomic E-state index is -0.118. The Hall–Kier alpha value is -2.85. The minimum absolute atomic E-state index is 0.0800. The molecule has 0 radical (unpaired) electrons. The number of hydrogen-bond donors (Lipinski definition) is 1. The summed E-state index contributed by atoms with van der Waals surface area (Å²) >= 11 is 1.57. The number of hydrogen-bond acceptors (Lipinski definition) is 3. The van der Waals surface area contributed by atoms with Crippen LogP contribution in [-0.2, 0) is 6.42 Å². The Morgan fingerprint density at radius 2 is 1.61 bits per heavy atom. The van der Waals surface area contributed by atoms with E-state index in [2.05, 4.69) is 35.6 Å². The smallest absolute Gasteiger partial charge is 0.256 e. The van der Waals surface area contributed by atoms with Gasteiger partial charge in [0.15, 0.2) is 5.78 Å². The van der Waals surface area contributed by atoms with Gasteiger partial charge in [-0.15, -0.1) is 0 Å². The molecule has 0 spiro atoms. The van der Waals surface area contributed by atoms with E-state index < -0.39 is 0 Å². The molecule has 1 fully saturated rings. The molecule has 1 aliphatic heterocycles. The van der Waals surface area contributed by atoms with Crippen molar-refractivity contribution in [3.63, 3.8) is 0 Å². The number of fused-ring (bicyclic) bond motifs is 2. The lowest BCUT2D eigenvalue weighted by atomic mass is 9.76.